The number of hydrogen-bond acceptors (Lipinski definition) is 7. The molecule has 0 unspecified atom stereocenters. The van der Waals surface area contributed by atoms with Crippen LogP contribution in [0.5, 0.6) is 11.5 Å². The van der Waals surface area contributed by atoms with Crippen LogP contribution in [0.15, 0.2) is 45.9 Å². The number of hydrogen-bond donors (Lipinski definition) is 1. The Labute approximate surface area is 132 Å². The standard InChI is InChI=1S/C14H13N3O5S/c1-20-10-5-3-6-11(21-2)13(10)23(18,19)17-14-12-9(22-16-14)7-4-8-15-12/h3-8H,1-2H3,(H,16,17). The van der Waals surface area contributed by atoms with Crippen molar-refractivity contribution in [2.24, 2.45) is 0 Å². The lowest BCUT2D eigenvalue weighted by Gasteiger charge is -2.13. The average Bonchev–Trinajstić information content (AvgIpc) is 2.96. The van der Waals surface area contributed by atoms with Gasteiger partial charge in [-0.05, 0) is 24.3 Å². The lowest BCUT2D eigenvalue weighted by molar-refractivity contribution is 0.373. The van der Waals surface area contributed by atoms with E-state index in [2.05, 4.69) is 14.9 Å². The molecule has 0 aliphatic carbocycles. The first-order valence-electron chi connectivity index (χ1n) is 6.51. The van der Waals surface area contributed by atoms with E-state index in [1.165, 1.54) is 32.5 Å². The molecule has 0 bridgehead atoms. The molecule has 0 saturated carbocycles. The van der Waals surface area contributed by atoms with Crippen LogP contribution in [0, 0.1) is 0 Å². The Morgan fingerprint density at radius 3 is 2.43 bits per heavy atom. The SMILES string of the molecule is COc1cccc(OC)c1S(=O)(=O)Nc1noc2cccnc12. The van der Waals surface area contributed by atoms with E-state index in [1.807, 2.05) is 0 Å². The Morgan fingerprint density at radius 1 is 1.09 bits per heavy atom. The molecule has 0 saturated heterocycles. The number of aromatic nitrogens is 2. The summed E-state index contributed by atoms with van der Waals surface area (Å²) in [5, 5.41) is 3.71. The van der Waals surface area contributed by atoms with Crippen molar-refractivity contribution in [1.29, 1.82) is 0 Å². The second kappa shape index (κ2) is 5.76. The Morgan fingerprint density at radius 2 is 1.78 bits per heavy atom. The van der Waals surface area contributed by atoms with Crippen LogP contribution < -0.4 is 14.2 Å². The van der Waals surface area contributed by atoms with Gasteiger partial charge in [0.2, 0.25) is 5.82 Å². The summed E-state index contributed by atoms with van der Waals surface area (Å²) < 4.78 is 43.1. The lowest BCUT2D eigenvalue weighted by Crippen LogP contribution is -2.15. The summed E-state index contributed by atoms with van der Waals surface area (Å²) in [6.45, 7) is 0. The molecule has 23 heavy (non-hydrogen) atoms. The van der Waals surface area contributed by atoms with Gasteiger partial charge >= 0.3 is 0 Å². The highest BCUT2D eigenvalue weighted by atomic mass is 32.2. The second-order valence-corrected chi connectivity index (χ2v) is 6.10. The molecule has 3 rings (SSSR count). The summed E-state index contributed by atoms with van der Waals surface area (Å²) in [7, 11) is -1.27. The number of ether oxygens (including phenoxy) is 2. The van der Waals surface area contributed by atoms with Crippen LogP contribution in [0.4, 0.5) is 5.82 Å². The Hall–Kier alpha value is -2.81. The molecule has 8 nitrogen and oxygen atoms in total. The zero-order valence-electron chi connectivity index (χ0n) is 12.3. The third kappa shape index (κ3) is 2.66. The van der Waals surface area contributed by atoms with Gasteiger partial charge < -0.3 is 14.0 Å². The average molecular weight is 335 g/mol. The maximum Gasteiger partial charge on any atom is 0.270 e. The molecule has 0 atom stereocenters. The zero-order valence-corrected chi connectivity index (χ0v) is 13.1. The van der Waals surface area contributed by atoms with E-state index < -0.39 is 10.0 Å². The minimum atomic E-state index is -4.02. The molecular formula is C14H13N3O5S. The van der Waals surface area contributed by atoms with E-state index in [-0.39, 0.29) is 22.2 Å². The smallest absolute Gasteiger partial charge is 0.270 e. The summed E-state index contributed by atoms with van der Waals surface area (Å²) in [5.41, 5.74) is 0.683. The van der Waals surface area contributed by atoms with Gasteiger partial charge in [0.15, 0.2) is 16.0 Å². The van der Waals surface area contributed by atoms with Crippen molar-refractivity contribution in [3.63, 3.8) is 0 Å². The number of benzene rings is 1. The van der Waals surface area contributed by atoms with Crippen LogP contribution in [0.25, 0.3) is 11.1 Å². The maximum absolute atomic E-state index is 12.7. The summed E-state index contributed by atoms with van der Waals surface area (Å²) in [4.78, 5) is 3.93. The molecule has 1 N–H and O–H groups in total. The highest BCUT2D eigenvalue weighted by Gasteiger charge is 2.27. The number of nitrogens with zero attached hydrogens (tertiary/aromatic N) is 2. The van der Waals surface area contributed by atoms with Gasteiger partial charge in [0.1, 0.15) is 11.5 Å². The Kier molecular flexibility index (Phi) is 3.78. The molecule has 2 aromatic heterocycles. The van der Waals surface area contributed by atoms with Gasteiger partial charge in [0.25, 0.3) is 10.0 Å². The summed E-state index contributed by atoms with van der Waals surface area (Å²) in [6, 6.07) is 7.97. The Balaban J connectivity index is 2.09. The zero-order chi connectivity index (χ0) is 16.4. The molecule has 0 aliphatic heterocycles. The minimum absolute atomic E-state index is 0.00596. The van der Waals surface area contributed by atoms with Crippen molar-refractivity contribution in [2.75, 3.05) is 18.9 Å². The van der Waals surface area contributed by atoms with Gasteiger partial charge in [-0.25, -0.2) is 13.4 Å². The van der Waals surface area contributed by atoms with E-state index >= 15 is 0 Å². The molecule has 0 radical (unpaired) electrons. The quantitative estimate of drug-likeness (QED) is 0.761. The fraction of sp³-hybridized carbons (Fsp3) is 0.143. The molecule has 2 heterocycles. The van der Waals surface area contributed by atoms with Crippen LogP contribution in [0.3, 0.4) is 0 Å². The number of rotatable bonds is 5. The van der Waals surface area contributed by atoms with Crippen molar-refractivity contribution in [3.05, 3.63) is 36.5 Å². The Bertz CT molecular complexity index is 930. The van der Waals surface area contributed by atoms with Crippen molar-refractivity contribution in [2.45, 2.75) is 4.90 Å². The van der Waals surface area contributed by atoms with E-state index in [9.17, 15) is 8.42 Å². The highest BCUT2D eigenvalue weighted by molar-refractivity contribution is 7.93. The number of pyridine rings is 1. The minimum Gasteiger partial charge on any atom is -0.495 e. The number of sulfonamides is 1. The van der Waals surface area contributed by atoms with E-state index in [4.69, 9.17) is 14.0 Å². The van der Waals surface area contributed by atoms with Crippen molar-refractivity contribution in [3.8, 4) is 11.5 Å². The lowest BCUT2D eigenvalue weighted by atomic mass is 10.3. The number of methoxy groups -OCH3 is 2. The fourth-order valence-corrected chi connectivity index (χ4v) is 3.43. The first-order chi connectivity index (χ1) is 11.1. The summed E-state index contributed by atoms with van der Waals surface area (Å²) >= 11 is 0. The third-order valence-electron chi connectivity index (χ3n) is 3.11. The van der Waals surface area contributed by atoms with Crippen LogP contribution in [-0.2, 0) is 10.0 Å². The van der Waals surface area contributed by atoms with Gasteiger partial charge in [-0.15, -0.1) is 0 Å². The van der Waals surface area contributed by atoms with Gasteiger partial charge in [-0.3, -0.25) is 4.72 Å². The predicted molar refractivity (Wildman–Crippen MR) is 82.2 cm³/mol. The van der Waals surface area contributed by atoms with Crippen LogP contribution in [0.2, 0.25) is 0 Å². The summed E-state index contributed by atoms with van der Waals surface area (Å²) in [6.07, 6.45) is 1.51. The molecule has 0 amide bonds. The van der Waals surface area contributed by atoms with Crippen LogP contribution >= 0.6 is 0 Å². The van der Waals surface area contributed by atoms with Gasteiger partial charge in [0.05, 0.1) is 14.2 Å². The molecule has 3 aromatic rings. The summed E-state index contributed by atoms with van der Waals surface area (Å²) in [5.74, 6) is 0.295. The molecule has 120 valence electrons. The number of anilines is 1. The molecule has 0 aliphatic rings. The first-order valence-corrected chi connectivity index (χ1v) is 7.99. The van der Waals surface area contributed by atoms with E-state index in [1.54, 1.807) is 18.2 Å². The van der Waals surface area contributed by atoms with E-state index in [0.717, 1.165) is 0 Å². The van der Waals surface area contributed by atoms with Gasteiger partial charge in [-0.2, -0.15) is 0 Å². The molecule has 0 spiro atoms. The number of fused-ring (bicyclic) bond motifs is 1. The maximum atomic E-state index is 12.7. The predicted octanol–water partition coefficient (Wildman–Crippen LogP) is 2.04. The second-order valence-electron chi connectivity index (χ2n) is 4.48. The molecule has 1 aromatic carbocycles. The van der Waals surface area contributed by atoms with Crippen LogP contribution in [0.1, 0.15) is 0 Å². The van der Waals surface area contributed by atoms with E-state index in [0.29, 0.717) is 11.1 Å². The van der Waals surface area contributed by atoms with Crippen molar-refractivity contribution < 1.29 is 22.4 Å². The molecular weight excluding hydrogens is 322 g/mol. The van der Waals surface area contributed by atoms with Crippen molar-refractivity contribution in [1.82, 2.24) is 10.1 Å². The fourth-order valence-electron chi connectivity index (χ4n) is 2.11. The first kappa shape index (κ1) is 15.1. The number of nitrogens with one attached hydrogen (secondary N) is 1. The normalized spacial score (nSPS) is 11.4. The monoisotopic (exact) mass is 335 g/mol. The van der Waals surface area contributed by atoms with Gasteiger partial charge in [-0.1, -0.05) is 11.2 Å². The topological polar surface area (TPSA) is 104 Å². The van der Waals surface area contributed by atoms with Gasteiger partial charge in [0, 0.05) is 6.20 Å². The van der Waals surface area contributed by atoms with Crippen molar-refractivity contribution >= 4 is 26.9 Å². The highest BCUT2D eigenvalue weighted by Crippen LogP contribution is 2.34. The molecule has 0 fully saturated rings. The van der Waals surface area contributed by atoms with Crippen LogP contribution in [-0.4, -0.2) is 32.8 Å². The largest absolute Gasteiger partial charge is 0.495 e. The third-order valence-corrected chi connectivity index (χ3v) is 4.51. The molecule has 9 heteroatoms.